The Hall–Kier alpha value is -1.58. The molecule has 1 fully saturated rings. The van der Waals surface area contributed by atoms with E-state index in [1.807, 2.05) is 6.07 Å². The number of benzene rings is 2. The zero-order chi connectivity index (χ0) is 21.5. The number of methoxy groups -OCH3 is 1. The number of aromatic nitrogens is 1. The molecule has 0 N–H and O–H groups in total. The summed E-state index contributed by atoms with van der Waals surface area (Å²) in [6.45, 7) is 4.47. The van der Waals surface area contributed by atoms with Crippen LogP contribution in [0, 0.1) is 0 Å². The number of piperazine rings is 1. The van der Waals surface area contributed by atoms with Gasteiger partial charge in [0, 0.05) is 53.8 Å². The summed E-state index contributed by atoms with van der Waals surface area (Å²) in [5.41, 5.74) is 1.40. The number of ether oxygens (including phenoxy) is 1. The van der Waals surface area contributed by atoms with Gasteiger partial charge < -0.3 is 9.64 Å². The number of halogens is 2. The van der Waals surface area contributed by atoms with Crippen molar-refractivity contribution in [2.75, 3.05) is 40.3 Å². The summed E-state index contributed by atoms with van der Waals surface area (Å²) in [7, 11) is -0.107. The first kappa shape index (κ1) is 21.6. The lowest BCUT2D eigenvalue weighted by Crippen LogP contribution is -2.43. The fraction of sp³-hybridized carbons (Fsp3) is 0.333. The van der Waals surface area contributed by atoms with E-state index >= 15 is 0 Å². The molecule has 4 rings (SSSR count). The molecule has 3 aromatic rings. The van der Waals surface area contributed by atoms with Crippen LogP contribution in [-0.2, 0) is 16.6 Å². The lowest BCUT2D eigenvalue weighted by molar-refractivity contribution is 0.148. The Kier molecular flexibility index (Phi) is 6.14. The largest absolute Gasteiger partial charge is 0.497 e. The molecule has 0 radical (unpaired) electrons. The summed E-state index contributed by atoms with van der Waals surface area (Å²) < 4.78 is 34.2. The highest BCUT2D eigenvalue weighted by Gasteiger charge is 2.23. The van der Waals surface area contributed by atoms with Crippen LogP contribution in [0.25, 0.3) is 10.9 Å². The van der Waals surface area contributed by atoms with Crippen molar-refractivity contribution in [1.82, 2.24) is 13.8 Å². The number of nitrogens with zero attached hydrogens (tertiary/aromatic N) is 3. The van der Waals surface area contributed by atoms with Gasteiger partial charge in [-0.1, -0.05) is 11.6 Å². The van der Waals surface area contributed by atoms with E-state index in [2.05, 4.69) is 32.8 Å². The molecule has 2 aromatic carbocycles. The standard InChI is InChI=1S/C21H23BrClN3O3S/c1-24-7-9-25(10-8-24)13-15-11-17(4-5-20(15)23)30(27,28)26-14-19(22)18-12-16(29-2)3-6-21(18)26/h3-6,11-12,14H,7-10,13H2,1-2H3. The van der Waals surface area contributed by atoms with E-state index in [0.717, 1.165) is 37.1 Å². The molecular weight excluding hydrogens is 490 g/mol. The molecule has 2 heterocycles. The molecule has 0 aliphatic carbocycles. The van der Waals surface area contributed by atoms with Gasteiger partial charge in [-0.2, -0.15) is 0 Å². The summed E-state index contributed by atoms with van der Waals surface area (Å²) in [5.74, 6) is 0.666. The monoisotopic (exact) mass is 511 g/mol. The number of hydrogen-bond acceptors (Lipinski definition) is 5. The molecule has 6 nitrogen and oxygen atoms in total. The van der Waals surface area contributed by atoms with Crippen molar-refractivity contribution in [2.45, 2.75) is 11.4 Å². The topological polar surface area (TPSA) is 54.8 Å². The van der Waals surface area contributed by atoms with Crippen molar-refractivity contribution >= 4 is 48.5 Å². The molecule has 9 heteroatoms. The number of likely N-dealkylation sites (N-methyl/N-ethyl adjacent to an activating group) is 1. The van der Waals surface area contributed by atoms with E-state index in [1.54, 1.807) is 43.6 Å². The predicted molar refractivity (Wildman–Crippen MR) is 123 cm³/mol. The average Bonchev–Trinajstić information content (AvgIpc) is 3.08. The van der Waals surface area contributed by atoms with Gasteiger partial charge in [0.15, 0.2) is 0 Å². The molecule has 0 unspecified atom stereocenters. The molecule has 1 aliphatic rings. The van der Waals surface area contributed by atoms with Crippen LogP contribution < -0.4 is 4.74 Å². The van der Waals surface area contributed by atoms with Crippen LogP contribution in [-0.4, -0.2) is 62.5 Å². The molecule has 0 spiro atoms. The maximum absolute atomic E-state index is 13.5. The van der Waals surface area contributed by atoms with E-state index < -0.39 is 10.0 Å². The number of fused-ring (bicyclic) bond motifs is 1. The van der Waals surface area contributed by atoms with Crippen molar-refractivity contribution in [3.63, 3.8) is 0 Å². The van der Waals surface area contributed by atoms with Crippen LogP contribution in [0.15, 0.2) is 52.0 Å². The molecule has 160 valence electrons. The first-order valence-corrected chi connectivity index (χ1v) is 12.2. The van der Waals surface area contributed by atoms with Crippen LogP contribution in [0.5, 0.6) is 5.75 Å². The highest BCUT2D eigenvalue weighted by molar-refractivity contribution is 9.10. The first-order chi connectivity index (χ1) is 14.3. The first-order valence-electron chi connectivity index (χ1n) is 9.59. The minimum Gasteiger partial charge on any atom is -0.497 e. The van der Waals surface area contributed by atoms with Crippen molar-refractivity contribution in [3.8, 4) is 5.75 Å². The van der Waals surface area contributed by atoms with E-state index in [4.69, 9.17) is 16.3 Å². The second kappa shape index (κ2) is 8.51. The Bertz CT molecular complexity index is 1190. The Balaban J connectivity index is 1.70. The van der Waals surface area contributed by atoms with E-state index in [9.17, 15) is 8.42 Å². The van der Waals surface area contributed by atoms with Crippen LogP contribution in [0.2, 0.25) is 5.02 Å². The van der Waals surface area contributed by atoms with Crippen molar-refractivity contribution in [2.24, 2.45) is 0 Å². The minimum atomic E-state index is -3.79. The number of rotatable bonds is 5. The summed E-state index contributed by atoms with van der Waals surface area (Å²) in [5, 5.41) is 1.35. The third-order valence-electron chi connectivity index (χ3n) is 5.49. The quantitative estimate of drug-likeness (QED) is 0.516. The second-order valence-corrected chi connectivity index (χ2v) is 10.6. The molecule has 1 aliphatic heterocycles. The average molecular weight is 513 g/mol. The minimum absolute atomic E-state index is 0.219. The molecule has 0 bridgehead atoms. The lowest BCUT2D eigenvalue weighted by atomic mass is 10.2. The molecular formula is C21H23BrClN3O3S. The van der Waals surface area contributed by atoms with E-state index in [1.165, 1.54) is 3.97 Å². The molecule has 0 atom stereocenters. The molecule has 1 saturated heterocycles. The summed E-state index contributed by atoms with van der Waals surface area (Å²) in [6, 6.07) is 10.2. The molecule has 0 amide bonds. The van der Waals surface area contributed by atoms with E-state index in [0.29, 0.717) is 27.3 Å². The Morgan fingerprint density at radius 1 is 1.10 bits per heavy atom. The Morgan fingerprint density at radius 2 is 1.83 bits per heavy atom. The van der Waals surface area contributed by atoms with Gasteiger partial charge >= 0.3 is 0 Å². The van der Waals surface area contributed by atoms with Gasteiger partial charge in [-0.25, -0.2) is 12.4 Å². The van der Waals surface area contributed by atoms with Crippen LogP contribution in [0.4, 0.5) is 0 Å². The molecule has 0 saturated carbocycles. The van der Waals surface area contributed by atoms with Crippen LogP contribution in [0.1, 0.15) is 5.56 Å². The maximum Gasteiger partial charge on any atom is 0.268 e. The van der Waals surface area contributed by atoms with Gasteiger partial charge in [-0.3, -0.25) is 4.90 Å². The van der Waals surface area contributed by atoms with Gasteiger partial charge in [0.05, 0.1) is 17.5 Å². The Labute approximate surface area is 190 Å². The van der Waals surface area contributed by atoms with Gasteiger partial charge in [-0.05, 0) is 64.9 Å². The summed E-state index contributed by atoms with van der Waals surface area (Å²) in [6.07, 6.45) is 1.58. The fourth-order valence-corrected chi connectivity index (χ4v) is 5.92. The normalized spacial score (nSPS) is 16.3. The van der Waals surface area contributed by atoms with Gasteiger partial charge in [0.2, 0.25) is 0 Å². The van der Waals surface area contributed by atoms with Crippen LogP contribution >= 0.6 is 27.5 Å². The third-order valence-corrected chi connectivity index (χ3v) is 8.16. The maximum atomic E-state index is 13.5. The summed E-state index contributed by atoms with van der Waals surface area (Å²) >= 11 is 9.88. The summed E-state index contributed by atoms with van der Waals surface area (Å²) in [4.78, 5) is 4.80. The lowest BCUT2D eigenvalue weighted by Gasteiger charge is -2.32. The smallest absolute Gasteiger partial charge is 0.268 e. The number of hydrogen-bond donors (Lipinski definition) is 0. The van der Waals surface area contributed by atoms with Crippen molar-refractivity contribution in [1.29, 1.82) is 0 Å². The highest BCUT2D eigenvalue weighted by atomic mass is 79.9. The zero-order valence-corrected chi connectivity index (χ0v) is 20.0. The highest BCUT2D eigenvalue weighted by Crippen LogP contribution is 2.33. The predicted octanol–water partition coefficient (Wildman–Crippen LogP) is 4.05. The molecule has 30 heavy (non-hydrogen) atoms. The second-order valence-electron chi connectivity index (χ2n) is 7.49. The van der Waals surface area contributed by atoms with Crippen molar-refractivity contribution < 1.29 is 13.2 Å². The SMILES string of the molecule is COc1ccc2c(c1)c(Br)cn2S(=O)(=O)c1ccc(Cl)c(CN2CCN(C)CC2)c1. The van der Waals surface area contributed by atoms with Crippen LogP contribution in [0.3, 0.4) is 0 Å². The Morgan fingerprint density at radius 3 is 2.53 bits per heavy atom. The van der Waals surface area contributed by atoms with Gasteiger partial charge in [0.25, 0.3) is 10.0 Å². The molecule has 1 aromatic heterocycles. The van der Waals surface area contributed by atoms with E-state index in [-0.39, 0.29) is 4.90 Å². The van der Waals surface area contributed by atoms with Crippen molar-refractivity contribution in [3.05, 3.63) is 57.7 Å². The van der Waals surface area contributed by atoms with Gasteiger partial charge in [-0.15, -0.1) is 0 Å². The zero-order valence-electron chi connectivity index (χ0n) is 16.8. The third kappa shape index (κ3) is 4.11. The fourth-order valence-electron chi connectivity index (χ4n) is 3.66. The van der Waals surface area contributed by atoms with Gasteiger partial charge in [0.1, 0.15) is 5.75 Å².